The molecule has 0 spiro atoms. The van der Waals surface area contributed by atoms with Gasteiger partial charge in [0.1, 0.15) is 22.0 Å². The molecule has 43 heavy (non-hydrogen) atoms. The van der Waals surface area contributed by atoms with Crippen LogP contribution in [0.4, 0.5) is 5.69 Å². The number of carbonyl (C=O) groups is 1. The predicted molar refractivity (Wildman–Crippen MR) is 165 cm³/mol. The topological polar surface area (TPSA) is 135 Å². The molecule has 1 aromatic carbocycles. The number of benzene rings is 1. The Bertz CT molecular complexity index is 1650. The van der Waals surface area contributed by atoms with Crippen molar-refractivity contribution in [1.29, 1.82) is 5.26 Å². The van der Waals surface area contributed by atoms with Gasteiger partial charge in [-0.25, -0.2) is 18.4 Å². The number of amides is 1. The van der Waals surface area contributed by atoms with E-state index >= 15 is 0 Å². The van der Waals surface area contributed by atoms with Gasteiger partial charge >= 0.3 is 0 Å². The number of methoxy groups -OCH3 is 2. The molecule has 2 unspecified atom stereocenters. The first-order valence-corrected chi connectivity index (χ1v) is 17.3. The van der Waals surface area contributed by atoms with Crippen LogP contribution in [0.15, 0.2) is 36.5 Å². The number of aromatic nitrogens is 2. The van der Waals surface area contributed by atoms with Crippen LogP contribution >= 0.6 is 11.3 Å². The predicted octanol–water partition coefficient (Wildman–Crippen LogP) is 4.57. The van der Waals surface area contributed by atoms with Crippen LogP contribution in [-0.4, -0.2) is 68.6 Å². The fourth-order valence-corrected chi connectivity index (χ4v) is 8.37. The first-order chi connectivity index (χ1) is 20.7. The number of nitrogens with zero attached hydrogens (tertiary/aromatic N) is 4. The average Bonchev–Trinajstić information content (AvgIpc) is 3.67. The first-order valence-electron chi connectivity index (χ1n) is 14.6. The van der Waals surface area contributed by atoms with E-state index in [0.29, 0.717) is 48.1 Å². The number of ether oxygens (including phenoxy) is 2. The van der Waals surface area contributed by atoms with Crippen LogP contribution < -0.4 is 19.7 Å². The minimum Gasteiger partial charge on any atom is -0.495 e. The fraction of sp³-hybridized carbons (Fsp3) is 0.484. The number of hydrogen-bond donors (Lipinski definition) is 1. The summed E-state index contributed by atoms with van der Waals surface area (Å²) in [6, 6.07) is 12.2. The molecule has 2 atom stereocenters. The van der Waals surface area contributed by atoms with Crippen LogP contribution in [0.5, 0.6) is 11.5 Å². The van der Waals surface area contributed by atoms with Gasteiger partial charge in [0.25, 0.3) is 0 Å². The lowest BCUT2D eigenvalue weighted by Crippen LogP contribution is -2.42. The SMILES string of the molecule is COc1cnc(-c2nc(C3CCCCC3C(=O)NC3(C#N)CC3)c(-c3ccc(N4CCS(=O)(=O)CC4)cc3)s2)c(OC)c1. The maximum absolute atomic E-state index is 13.6. The highest BCUT2D eigenvalue weighted by molar-refractivity contribution is 7.91. The molecule has 2 aromatic heterocycles. The number of anilines is 1. The third kappa shape index (κ3) is 6.06. The van der Waals surface area contributed by atoms with E-state index in [9.17, 15) is 18.5 Å². The molecule has 1 N–H and O–H groups in total. The van der Waals surface area contributed by atoms with Gasteiger partial charge in [0.2, 0.25) is 5.91 Å². The lowest BCUT2D eigenvalue weighted by atomic mass is 9.76. The average molecular weight is 622 g/mol. The Labute approximate surface area is 256 Å². The molecular formula is C31H35N5O5S2. The van der Waals surface area contributed by atoms with Crippen molar-refractivity contribution in [1.82, 2.24) is 15.3 Å². The molecular weight excluding hydrogens is 587 g/mol. The van der Waals surface area contributed by atoms with Crippen molar-refractivity contribution in [3.63, 3.8) is 0 Å². The molecule has 10 nitrogen and oxygen atoms in total. The third-order valence-electron chi connectivity index (χ3n) is 8.76. The maximum Gasteiger partial charge on any atom is 0.225 e. The normalized spacial score (nSPS) is 22.3. The van der Waals surface area contributed by atoms with E-state index in [1.54, 1.807) is 26.5 Å². The molecule has 1 amide bonds. The minimum absolute atomic E-state index is 0.0696. The van der Waals surface area contributed by atoms with Gasteiger partial charge in [-0.15, -0.1) is 11.3 Å². The van der Waals surface area contributed by atoms with Crippen LogP contribution in [0, 0.1) is 17.2 Å². The number of carbonyl (C=O) groups excluding carboxylic acids is 1. The summed E-state index contributed by atoms with van der Waals surface area (Å²) in [5.41, 5.74) is 2.69. The molecule has 3 aromatic rings. The number of rotatable bonds is 8. The van der Waals surface area contributed by atoms with Gasteiger partial charge in [-0.1, -0.05) is 25.0 Å². The molecule has 1 saturated heterocycles. The second kappa shape index (κ2) is 11.8. The number of hydrogen-bond acceptors (Lipinski definition) is 10. The van der Waals surface area contributed by atoms with E-state index in [0.717, 1.165) is 47.5 Å². The molecule has 3 fully saturated rings. The summed E-state index contributed by atoms with van der Waals surface area (Å²) < 4.78 is 34.9. The van der Waals surface area contributed by atoms with Gasteiger partial charge in [-0.05, 0) is 43.4 Å². The Kier molecular flexibility index (Phi) is 8.04. The van der Waals surface area contributed by atoms with E-state index in [-0.39, 0.29) is 29.2 Å². The van der Waals surface area contributed by atoms with Crippen LogP contribution in [0.3, 0.4) is 0 Å². The van der Waals surface area contributed by atoms with Gasteiger partial charge in [0.05, 0.1) is 48.6 Å². The highest BCUT2D eigenvalue weighted by atomic mass is 32.2. The molecule has 3 heterocycles. The lowest BCUT2D eigenvalue weighted by Gasteiger charge is -2.31. The van der Waals surface area contributed by atoms with Gasteiger partial charge in [0, 0.05) is 36.7 Å². The molecule has 6 rings (SSSR count). The summed E-state index contributed by atoms with van der Waals surface area (Å²) in [6.07, 6.45) is 6.53. The molecule has 0 radical (unpaired) electrons. The minimum atomic E-state index is -2.97. The largest absolute Gasteiger partial charge is 0.495 e. The Morgan fingerprint density at radius 2 is 1.84 bits per heavy atom. The second-order valence-electron chi connectivity index (χ2n) is 11.5. The van der Waals surface area contributed by atoms with Gasteiger partial charge < -0.3 is 19.7 Å². The zero-order valence-electron chi connectivity index (χ0n) is 24.3. The first kappa shape index (κ1) is 29.4. The van der Waals surface area contributed by atoms with Crippen molar-refractivity contribution in [2.45, 2.75) is 50.0 Å². The number of pyridine rings is 1. The highest BCUT2D eigenvalue weighted by Gasteiger charge is 2.47. The molecule has 2 saturated carbocycles. The summed E-state index contributed by atoms with van der Waals surface area (Å²) in [5.74, 6) is 0.976. The van der Waals surface area contributed by atoms with E-state index in [1.165, 1.54) is 11.3 Å². The number of nitriles is 1. The fourth-order valence-electron chi connectivity index (χ4n) is 6.03. The van der Waals surface area contributed by atoms with Crippen molar-refractivity contribution in [3.05, 3.63) is 42.2 Å². The van der Waals surface area contributed by atoms with Gasteiger partial charge in [-0.2, -0.15) is 5.26 Å². The van der Waals surface area contributed by atoms with Crippen molar-refractivity contribution in [2.75, 3.05) is 43.7 Å². The Morgan fingerprint density at radius 1 is 1.12 bits per heavy atom. The molecule has 1 aliphatic heterocycles. The van der Waals surface area contributed by atoms with E-state index in [4.69, 9.17) is 14.5 Å². The third-order valence-corrected chi connectivity index (χ3v) is 11.5. The molecule has 12 heteroatoms. The van der Waals surface area contributed by atoms with Crippen LogP contribution in [-0.2, 0) is 14.6 Å². The van der Waals surface area contributed by atoms with E-state index in [2.05, 4.69) is 21.3 Å². The summed E-state index contributed by atoms with van der Waals surface area (Å²) in [7, 11) is 0.194. The number of sulfone groups is 1. The monoisotopic (exact) mass is 621 g/mol. The summed E-state index contributed by atoms with van der Waals surface area (Å²) in [5, 5.41) is 13.3. The molecule has 226 valence electrons. The summed E-state index contributed by atoms with van der Waals surface area (Å²) in [6.45, 7) is 0.952. The van der Waals surface area contributed by atoms with Crippen LogP contribution in [0.1, 0.15) is 50.1 Å². The maximum atomic E-state index is 13.6. The zero-order valence-corrected chi connectivity index (χ0v) is 26.0. The Balaban J connectivity index is 1.38. The van der Waals surface area contributed by atoms with Gasteiger partial charge in [-0.3, -0.25) is 4.79 Å². The van der Waals surface area contributed by atoms with Crippen molar-refractivity contribution >= 4 is 32.8 Å². The number of thiazole rings is 1. The summed E-state index contributed by atoms with van der Waals surface area (Å²) in [4.78, 5) is 26.4. The van der Waals surface area contributed by atoms with Crippen molar-refractivity contribution in [3.8, 4) is 38.7 Å². The second-order valence-corrected chi connectivity index (χ2v) is 14.8. The number of nitrogens with one attached hydrogen (secondary N) is 1. The standard InChI is InChI=1S/C31H35N5O5S2/c1-40-22-17-25(41-2)27(33-18-22)30-34-26(23-5-3-4-6-24(23)29(37)35-31(19-32)11-12-31)28(42-30)20-7-9-21(10-8-20)36-13-15-43(38,39)16-14-36/h7-10,17-18,23-24H,3-6,11-16H2,1-2H3,(H,35,37). The molecule has 0 bridgehead atoms. The van der Waals surface area contributed by atoms with E-state index < -0.39 is 15.4 Å². The smallest absolute Gasteiger partial charge is 0.225 e. The van der Waals surface area contributed by atoms with Gasteiger partial charge in [0.15, 0.2) is 15.6 Å². The van der Waals surface area contributed by atoms with Crippen molar-refractivity contribution < 1.29 is 22.7 Å². The lowest BCUT2D eigenvalue weighted by molar-refractivity contribution is -0.127. The van der Waals surface area contributed by atoms with Crippen LogP contribution in [0.25, 0.3) is 21.1 Å². The highest BCUT2D eigenvalue weighted by Crippen LogP contribution is 2.47. The van der Waals surface area contributed by atoms with Crippen molar-refractivity contribution in [2.24, 2.45) is 5.92 Å². The zero-order chi connectivity index (χ0) is 30.2. The summed E-state index contributed by atoms with van der Waals surface area (Å²) >= 11 is 1.52. The molecule has 2 aliphatic carbocycles. The molecule has 3 aliphatic rings. The van der Waals surface area contributed by atoms with E-state index in [1.807, 2.05) is 24.3 Å². The quantitative estimate of drug-likeness (QED) is 0.384. The Hall–Kier alpha value is -3.69. The Morgan fingerprint density at radius 3 is 2.49 bits per heavy atom. The van der Waals surface area contributed by atoms with Crippen LogP contribution in [0.2, 0.25) is 0 Å².